The molecule has 1 N–H and O–H groups in total. The van der Waals surface area contributed by atoms with E-state index in [1.54, 1.807) is 0 Å². The van der Waals surface area contributed by atoms with Crippen molar-refractivity contribution in [1.29, 1.82) is 0 Å². The highest BCUT2D eigenvalue weighted by molar-refractivity contribution is 5.10. The van der Waals surface area contributed by atoms with Gasteiger partial charge in [-0.15, -0.1) is 0 Å². The van der Waals surface area contributed by atoms with Crippen LogP contribution in [0.2, 0.25) is 0 Å². The summed E-state index contributed by atoms with van der Waals surface area (Å²) in [6.07, 6.45) is 5.79. The standard InChI is InChI=1S/C11H21N/c1-4-11(2)9-7-5-6-8(9)10(11)12-3/h8-10,12H,4-7H2,1-3H3. The molecule has 2 aliphatic carbocycles. The smallest absolute Gasteiger partial charge is 0.0152 e. The van der Waals surface area contributed by atoms with Gasteiger partial charge < -0.3 is 5.32 Å². The summed E-state index contributed by atoms with van der Waals surface area (Å²) in [4.78, 5) is 0. The molecule has 0 spiro atoms. The highest BCUT2D eigenvalue weighted by Crippen LogP contribution is 2.60. The first kappa shape index (κ1) is 8.55. The second kappa shape index (κ2) is 2.73. The summed E-state index contributed by atoms with van der Waals surface area (Å²) in [5.74, 6) is 2.06. The van der Waals surface area contributed by atoms with E-state index in [0.717, 1.165) is 17.9 Å². The van der Waals surface area contributed by atoms with Crippen LogP contribution >= 0.6 is 0 Å². The molecule has 0 aromatic rings. The maximum Gasteiger partial charge on any atom is 0.0152 e. The number of rotatable bonds is 2. The lowest BCUT2D eigenvalue weighted by molar-refractivity contribution is -0.0553. The van der Waals surface area contributed by atoms with Crippen molar-refractivity contribution < 1.29 is 0 Å². The summed E-state index contributed by atoms with van der Waals surface area (Å²) in [6, 6.07) is 0.815. The molecule has 70 valence electrons. The molecule has 0 aromatic heterocycles. The normalized spacial score (nSPS) is 51.8. The Balaban J connectivity index is 2.13. The Morgan fingerprint density at radius 2 is 2.17 bits per heavy atom. The molecule has 2 aliphatic rings. The largest absolute Gasteiger partial charge is 0.316 e. The fourth-order valence-corrected chi connectivity index (χ4v) is 3.83. The van der Waals surface area contributed by atoms with Gasteiger partial charge in [0.2, 0.25) is 0 Å². The Kier molecular flexibility index (Phi) is 1.95. The molecular formula is C11H21N. The van der Waals surface area contributed by atoms with Crippen molar-refractivity contribution >= 4 is 0 Å². The van der Waals surface area contributed by atoms with Gasteiger partial charge in [0.05, 0.1) is 0 Å². The SMILES string of the molecule is CCC1(C)C2CCCC2C1NC. The molecule has 1 nitrogen and oxygen atoms in total. The fourth-order valence-electron chi connectivity index (χ4n) is 3.83. The van der Waals surface area contributed by atoms with Crippen molar-refractivity contribution in [2.45, 2.75) is 45.6 Å². The third-order valence-corrected chi connectivity index (χ3v) is 4.63. The summed E-state index contributed by atoms with van der Waals surface area (Å²) < 4.78 is 0. The van der Waals surface area contributed by atoms with Crippen molar-refractivity contribution in [3.05, 3.63) is 0 Å². The number of hydrogen-bond acceptors (Lipinski definition) is 1. The Hall–Kier alpha value is -0.0400. The van der Waals surface area contributed by atoms with Gasteiger partial charge in [-0.25, -0.2) is 0 Å². The maximum absolute atomic E-state index is 3.51. The minimum absolute atomic E-state index is 0.621. The lowest BCUT2D eigenvalue weighted by atomic mass is 9.51. The minimum atomic E-state index is 0.621. The Morgan fingerprint density at radius 3 is 2.75 bits per heavy atom. The molecule has 4 unspecified atom stereocenters. The van der Waals surface area contributed by atoms with E-state index < -0.39 is 0 Å². The van der Waals surface area contributed by atoms with E-state index in [4.69, 9.17) is 0 Å². The molecule has 0 heterocycles. The van der Waals surface area contributed by atoms with E-state index in [1.807, 2.05) is 0 Å². The van der Waals surface area contributed by atoms with Crippen molar-refractivity contribution in [2.75, 3.05) is 7.05 Å². The zero-order chi connectivity index (χ0) is 8.77. The highest BCUT2D eigenvalue weighted by atomic mass is 15.0. The highest BCUT2D eigenvalue weighted by Gasteiger charge is 2.58. The number of hydrogen-bond donors (Lipinski definition) is 1. The maximum atomic E-state index is 3.51. The fraction of sp³-hybridized carbons (Fsp3) is 1.00. The van der Waals surface area contributed by atoms with E-state index in [1.165, 1.54) is 25.7 Å². The molecule has 2 rings (SSSR count). The van der Waals surface area contributed by atoms with Gasteiger partial charge in [0.1, 0.15) is 0 Å². The molecule has 0 saturated heterocycles. The molecule has 0 amide bonds. The first-order valence-electron chi connectivity index (χ1n) is 5.41. The predicted molar refractivity (Wildman–Crippen MR) is 52.1 cm³/mol. The van der Waals surface area contributed by atoms with Crippen LogP contribution in [-0.4, -0.2) is 13.1 Å². The minimum Gasteiger partial charge on any atom is -0.316 e. The molecule has 0 aromatic carbocycles. The summed E-state index contributed by atoms with van der Waals surface area (Å²) in [5, 5.41) is 3.51. The van der Waals surface area contributed by atoms with Crippen LogP contribution < -0.4 is 5.32 Å². The van der Waals surface area contributed by atoms with Gasteiger partial charge in [-0.3, -0.25) is 0 Å². The van der Waals surface area contributed by atoms with Crippen molar-refractivity contribution in [1.82, 2.24) is 5.32 Å². The Bertz CT molecular complexity index is 178. The zero-order valence-corrected chi connectivity index (χ0v) is 8.56. The average molecular weight is 167 g/mol. The molecule has 0 bridgehead atoms. The topological polar surface area (TPSA) is 12.0 Å². The van der Waals surface area contributed by atoms with Gasteiger partial charge in [0, 0.05) is 6.04 Å². The summed E-state index contributed by atoms with van der Waals surface area (Å²) in [5.41, 5.74) is 0.621. The first-order valence-corrected chi connectivity index (χ1v) is 5.41. The van der Waals surface area contributed by atoms with Gasteiger partial charge in [0.15, 0.2) is 0 Å². The van der Waals surface area contributed by atoms with Crippen LogP contribution in [0.3, 0.4) is 0 Å². The first-order chi connectivity index (χ1) is 5.74. The molecule has 1 heteroatoms. The van der Waals surface area contributed by atoms with Crippen LogP contribution in [0.4, 0.5) is 0 Å². The number of nitrogens with one attached hydrogen (secondary N) is 1. The summed E-state index contributed by atoms with van der Waals surface area (Å²) in [7, 11) is 2.13. The van der Waals surface area contributed by atoms with Crippen molar-refractivity contribution in [3.8, 4) is 0 Å². The van der Waals surface area contributed by atoms with Crippen LogP contribution in [0.15, 0.2) is 0 Å². The van der Waals surface area contributed by atoms with Crippen LogP contribution in [0.1, 0.15) is 39.5 Å². The second-order valence-corrected chi connectivity index (χ2v) is 4.83. The molecule has 0 aliphatic heterocycles. The molecule has 4 atom stereocenters. The van der Waals surface area contributed by atoms with Gasteiger partial charge in [0.25, 0.3) is 0 Å². The van der Waals surface area contributed by atoms with Crippen LogP contribution in [0, 0.1) is 17.3 Å². The van der Waals surface area contributed by atoms with Crippen LogP contribution in [0.25, 0.3) is 0 Å². The lowest BCUT2D eigenvalue weighted by Crippen LogP contribution is -2.62. The van der Waals surface area contributed by atoms with Gasteiger partial charge in [-0.2, -0.15) is 0 Å². The summed E-state index contributed by atoms with van der Waals surface area (Å²) in [6.45, 7) is 4.82. The Labute approximate surface area is 75.9 Å². The van der Waals surface area contributed by atoms with E-state index in [-0.39, 0.29) is 0 Å². The molecular weight excluding hydrogens is 146 g/mol. The van der Waals surface area contributed by atoms with Gasteiger partial charge in [-0.05, 0) is 43.6 Å². The van der Waals surface area contributed by atoms with Gasteiger partial charge in [-0.1, -0.05) is 20.3 Å². The van der Waals surface area contributed by atoms with Crippen LogP contribution in [0.5, 0.6) is 0 Å². The van der Waals surface area contributed by atoms with E-state index in [0.29, 0.717) is 5.41 Å². The molecule has 0 radical (unpaired) electrons. The number of fused-ring (bicyclic) bond motifs is 1. The Morgan fingerprint density at radius 1 is 1.42 bits per heavy atom. The third kappa shape index (κ3) is 0.834. The second-order valence-electron chi connectivity index (χ2n) is 4.83. The third-order valence-electron chi connectivity index (χ3n) is 4.63. The van der Waals surface area contributed by atoms with E-state index >= 15 is 0 Å². The molecule has 2 saturated carbocycles. The van der Waals surface area contributed by atoms with Crippen molar-refractivity contribution in [2.24, 2.45) is 17.3 Å². The summed E-state index contributed by atoms with van der Waals surface area (Å²) >= 11 is 0. The lowest BCUT2D eigenvalue weighted by Gasteiger charge is -2.58. The molecule has 2 fully saturated rings. The average Bonchev–Trinajstić information content (AvgIpc) is 2.50. The van der Waals surface area contributed by atoms with Crippen LogP contribution in [-0.2, 0) is 0 Å². The monoisotopic (exact) mass is 167 g/mol. The van der Waals surface area contributed by atoms with Gasteiger partial charge >= 0.3 is 0 Å². The zero-order valence-electron chi connectivity index (χ0n) is 8.56. The molecule has 12 heavy (non-hydrogen) atoms. The predicted octanol–water partition coefficient (Wildman–Crippen LogP) is 2.42. The van der Waals surface area contributed by atoms with E-state index in [9.17, 15) is 0 Å². The van der Waals surface area contributed by atoms with Crippen molar-refractivity contribution in [3.63, 3.8) is 0 Å². The quantitative estimate of drug-likeness (QED) is 0.666. The van der Waals surface area contributed by atoms with E-state index in [2.05, 4.69) is 26.2 Å².